The summed E-state index contributed by atoms with van der Waals surface area (Å²) in [4.78, 5) is 14.2. The quantitative estimate of drug-likeness (QED) is 0.896. The molecule has 1 aromatic rings. The van der Waals surface area contributed by atoms with Crippen LogP contribution in [0.4, 0.5) is 14.9 Å². The number of carbonyl (C=O) groups excluding carboxylic acids is 1. The highest BCUT2D eigenvalue weighted by Crippen LogP contribution is 2.22. The van der Waals surface area contributed by atoms with E-state index in [1.807, 2.05) is 0 Å². The maximum atomic E-state index is 13.3. The molecule has 3 rings (SSSR count). The van der Waals surface area contributed by atoms with Gasteiger partial charge in [0.25, 0.3) is 0 Å². The van der Waals surface area contributed by atoms with Gasteiger partial charge in [-0.15, -0.1) is 0 Å². The fraction of sp³-hybridized carbons (Fsp3) is 0.562. The molecule has 0 unspecified atom stereocenters. The van der Waals surface area contributed by atoms with Gasteiger partial charge in [0.1, 0.15) is 5.82 Å². The Bertz CT molecular complexity index is 704. The number of anilines is 1. The number of amides is 2. The zero-order chi connectivity index (χ0) is 17.2. The van der Waals surface area contributed by atoms with E-state index in [-0.39, 0.29) is 23.7 Å². The van der Waals surface area contributed by atoms with Gasteiger partial charge in [0, 0.05) is 24.9 Å². The lowest BCUT2D eigenvalue weighted by Gasteiger charge is -2.30. The number of urea groups is 1. The van der Waals surface area contributed by atoms with E-state index >= 15 is 0 Å². The highest BCUT2D eigenvalue weighted by atomic mass is 32.2. The van der Waals surface area contributed by atoms with Gasteiger partial charge in [0.05, 0.1) is 17.6 Å². The van der Waals surface area contributed by atoms with Crippen molar-refractivity contribution in [1.29, 1.82) is 0 Å². The molecular weight excluding hydrogens is 335 g/mol. The van der Waals surface area contributed by atoms with E-state index in [1.165, 1.54) is 23.1 Å². The molecular formula is C16H21FN2O4S. The first kappa shape index (κ1) is 17.2. The SMILES string of the molecule is O=C(Nc1cccc(F)c1)N(C[C@H]1CCCO1)[C@H]1CCS(=O)(=O)C1. The van der Waals surface area contributed by atoms with Crippen LogP contribution < -0.4 is 5.32 Å². The molecule has 0 spiro atoms. The Morgan fingerprint density at radius 2 is 2.21 bits per heavy atom. The number of rotatable bonds is 4. The minimum absolute atomic E-state index is 0.0315. The van der Waals surface area contributed by atoms with Crippen molar-refractivity contribution < 1.29 is 22.3 Å². The average molecular weight is 356 g/mol. The van der Waals surface area contributed by atoms with Crippen molar-refractivity contribution in [1.82, 2.24) is 4.90 Å². The molecule has 0 radical (unpaired) electrons. The third kappa shape index (κ3) is 4.24. The lowest BCUT2D eigenvalue weighted by Crippen LogP contribution is -2.47. The third-order valence-electron chi connectivity index (χ3n) is 4.41. The molecule has 1 aromatic carbocycles. The summed E-state index contributed by atoms with van der Waals surface area (Å²) in [5.41, 5.74) is 0.346. The fourth-order valence-electron chi connectivity index (χ4n) is 3.19. The molecule has 2 aliphatic heterocycles. The summed E-state index contributed by atoms with van der Waals surface area (Å²) < 4.78 is 42.4. The highest BCUT2D eigenvalue weighted by molar-refractivity contribution is 7.91. The molecule has 2 fully saturated rings. The van der Waals surface area contributed by atoms with Gasteiger partial charge >= 0.3 is 6.03 Å². The lowest BCUT2D eigenvalue weighted by atomic mass is 10.1. The zero-order valence-electron chi connectivity index (χ0n) is 13.3. The monoisotopic (exact) mass is 356 g/mol. The van der Waals surface area contributed by atoms with Crippen LogP contribution in [0.5, 0.6) is 0 Å². The number of hydrogen-bond donors (Lipinski definition) is 1. The van der Waals surface area contributed by atoms with Gasteiger partial charge in [-0.2, -0.15) is 0 Å². The summed E-state index contributed by atoms with van der Waals surface area (Å²) in [6.07, 6.45) is 2.13. The molecule has 0 saturated carbocycles. The highest BCUT2D eigenvalue weighted by Gasteiger charge is 2.36. The molecule has 2 amide bonds. The molecule has 1 N–H and O–H groups in total. The summed E-state index contributed by atoms with van der Waals surface area (Å²) >= 11 is 0. The standard InChI is InChI=1S/C16H21FN2O4S/c17-12-3-1-4-13(9-12)18-16(20)19(10-15-5-2-7-23-15)14-6-8-24(21,22)11-14/h1,3-4,9,14-15H,2,5-8,10-11H2,(H,18,20)/t14-,15+/m0/s1. The van der Waals surface area contributed by atoms with Crippen LogP contribution in [-0.4, -0.2) is 56.2 Å². The molecule has 24 heavy (non-hydrogen) atoms. The maximum Gasteiger partial charge on any atom is 0.322 e. The molecule has 0 bridgehead atoms. The third-order valence-corrected chi connectivity index (χ3v) is 6.16. The number of nitrogens with zero attached hydrogens (tertiary/aromatic N) is 1. The van der Waals surface area contributed by atoms with Gasteiger partial charge in [0.2, 0.25) is 0 Å². The normalized spacial score (nSPS) is 25.5. The largest absolute Gasteiger partial charge is 0.376 e. The minimum atomic E-state index is -3.11. The van der Waals surface area contributed by atoms with Crippen LogP contribution in [0, 0.1) is 5.82 Å². The molecule has 132 valence electrons. The number of benzene rings is 1. The predicted molar refractivity (Wildman–Crippen MR) is 88.2 cm³/mol. The first-order chi connectivity index (χ1) is 11.4. The summed E-state index contributed by atoms with van der Waals surface area (Å²) in [7, 11) is -3.11. The van der Waals surface area contributed by atoms with Crippen molar-refractivity contribution in [2.24, 2.45) is 0 Å². The van der Waals surface area contributed by atoms with Crippen LogP contribution >= 0.6 is 0 Å². The number of hydrogen-bond acceptors (Lipinski definition) is 4. The molecule has 0 aliphatic carbocycles. The molecule has 2 atom stereocenters. The van der Waals surface area contributed by atoms with E-state index in [2.05, 4.69) is 5.32 Å². The van der Waals surface area contributed by atoms with E-state index in [0.29, 0.717) is 25.3 Å². The molecule has 2 aliphatic rings. The molecule has 6 nitrogen and oxygen atoms in total. The summed E-state index contributed by atoms with van der Waals surface area (Å²) in [6.45, 7) is 1.01. The zero-order valence-corrected chi connectivity index (χ0v) is 14.1. The van der Waals surface area contributed by atoms with Gasteiger partial charge in [-0.05, 0) is 37.5 Å². The van der Waals surface area contributed by atoms with Crippen LogP contribution in [0.3, 0.4) is 0 Å². The van der Waals surface area contributed by atoms with Gasteiger partial charge in [0.15, 0.2) is 9.84 Å². The van der Waals surface area contributed by atoms with E-state index in [1.54, 1.807) is 6.07 Å². The fourth-order valence-corrected chi connectivity index (χ4v) is 4.92. The van der Waals surface area contributed by atoms with Crippen molar-refractivity contribution in [3.63, 3.8) is 0 Å². The summed E-state index contributed by atoms with van der Waals surface area (Å²) in [6, 6.07) is 4.84. The number of halogens is 1. The number of ether oxygens (including phenoxy) is 1. The van der Waals surface area contributed by atoms with Gasteiger partial charge in [-0.1, -0.05) is 6.07 Å². The second kappa shape index (κ2) is 7.06. The van der Waals surface area contributed by atoms with Crippen molar-refractivity contribution in [2.45, 2.75) is 31.4 Å². The van der Waals surface area contributed by atoms with Crippen molar-refractivity contribution >= 4 is 21.6 Å². The number of nitrogens with one attached hydrogen (secondary N) is 1. The predicted octanol–water partition coefficient (Wildman–Crippen LogP) is 2.03. The summed E-state index contributed by atoms with van der Waals surface area (Å²) in [5.74, 6) is -0.384. The maximum absolute atomic E-state index is 13.3. The first-order valence-electron chi connectivity index (χ1n) is 8.08. The van der Waals surface area contributed by atoms with Crippen LogP contribution in [0.1, 0.15) is 19.3 Å². The molecule has 2 saturated heterocycles. The number of carbonyl (C=O) groups is 1. The Kier molecular flexibility index (Phi) is 5.05. The Balaban J connectivity index is 1.73. The lowest BCUT2D eigenvalue weighted by molar-refractivity contribution is 0.0751. The minimum Gasteiger partial charge on any atom is -0.376 e. The van der Waals surface area contributed by atoms with Gasteiger partial charge < -0.3 is 15.0 Å². The van der Waals surface area contributed by atoms with Crippen LogP contribution in [-0.2, 0) is 14.6 Å². The Morgan fingerprint density at radius 1 is 1.38 bits per heavy atom. The van der Waals surface area contributed by atoms with Crippen molar-refractivity contribution in [2.75, 3.05) is 30.0 Å². The average Bonchev–Trinajstić information content (AvgIpc) is 3.14. The van der Waals surface area contributed by atoms with Crippen LogP contribution in [0.2, 0.25) is 0 Å². The van der Waals surface area contributed by atoms with E-state index in [9.17, 15) is 17.6 Å². The second-order valence-corrected chi connectivity index (χ2v) is 8.51. The molecule has 0 aromatic heterocycles. The van der Waals surface area contributed by atoms with Crippen molar-refractivity contribution in [3.8, 4) is 0 Å². The topological polar surface area (TPSA) is 75.7 Å². The molecule has 8 heteroatoms. The Labute approximate surface area is 140 Å². The Morgan fingerprint density at radius 3 is 2.83 bits per heavy atom. The first-order valence-corrected chi connectivity index (χ1v) is 9.90. The molecule has 2 heterocycles. The van der Waals surface area contributed by atoms with E-state index in [0.717, 1.165) is 12.8 Å². The Hall–Kier alpha value is -1.67. The smallest absolute Gasteiger partial charge is 0.322 e. The van der Waals surface area contributed by atoms with E-state index in [4.69, 9.17) is 4.74 Å². The van der Waals surface area contributed by atoms with Gasteiger partial charge in [-0.3, -0.25) is 0 Å². The van der Waals surface area contributed by atoms with E-state index < -0.39 is 21.7 Å². The number of sulfone groups is 1. The van der Waals surface area contributed by atoms with Gasteiger partial charge in [-0.25, -0.2) is 17.6 Å². The van der Waals surface area contributed by atoms with Crippen molar-refractivity contribution in [3.05, 3.63) is 30.1 Å². The van der Waals surface area contributed by atoms with Crippen LogP contribution in [0.15, 0.2) is 24.3 Å². The second-order valence-electron chi connectivity index (χ2n) is 6.28. The summed E-state index contributed by atoms with van der Waals surface area (Å²) in [5, 5.41) is 2.66. The van der Waals surface area contributed by atoms with Crippen LogP contribution in [0.25, 0.3) is 0 Å².